The molecular formula is C19H22FN3O4S. The summed E-state index contributed by atoms with van der Waals surface area (Å²) in [6.07, 6.45) is 0.422. The van der Waals surface area contributed by atoms with E-state index in [0.717, 1.165) is 5.56 Å². The number of nitrogens with one attached hydrogen (secondary N) is 1. The average molecular weight is 407 g/mol. The van der Waals surface area contributed by atoms with E-state index in [-0.39, 0.29) is 17.2 Å². The van der Waals surface area contributed by atoms with E-state index in [2.05, 4.69) is 4.72 Å². The normalized spacial score (nSPS) is 12.4. The molecule has 3 N–H and O–H groups in total. The van der Waals surface area contributed by atoms with Gasteiger partial charge in [0.2, 0.25) is 21.8 Å². The van der Waals surface area contributed by atoms with E-state index in [4.69, 9.17) is 5.73 Å². The van der Waals surface area contributed by atoms with Crippen LogP contribution < -0.4 is 10.5 Å². The van der Waals surface area contributed by atoms with Crippen LogP contribution in [0.2, 0.25) is 0 Å². The first kappa shape index (κ1) is 21.5. The maximum absolute atomic E-state index is 13.5. The summed E-state index contributed by atoms with van der Waals surface area (Å²) < 4.78 is 39.1. The fraction of sp³-hybridized carbons (Fsp3) is 0.263. The zero-order valence-corrected chi connectivity index (χ0v) is 16.4. The van der Waals surface area contributed by atoms with E-state index in [0.29, 0.717) is 12.0 Å². The van der Waals surface area contributed by atoms with Crippen molar-refractivity contribution in [3.63, 3.8) is 0 Å². The molecule has 1 unspecified atom stereocenters. The van der Waals surface area contributed by atoms with Gasteiger partial charge in [-0.3, -0.25) is 9.59 Å². The fourth-order valence-corrected chi connectivity index (χ4v) is 3.51. The van der Waals surface area contributed by atoms with E-state index in [1.165, 1.54) is 55.4 Å². The minimum Gasteiger partial charge on any atom is -0.368 e. The van der Waals surface area contributed by atoms with Crippen molar-refractivity contribution in [2.24, 2.45) is 5.73 Å². The predicted octanol–water partition coefficient (Wildman–Crippen LogP) is 1.35. The second kappa shape index (κ2) is 8.94. The second-order valence-electron chi connectivity index (χ2n) is 6.22. The first-order chi connectivity index (χ1) is 13.2. The van der Waals surface area contributed by atoms with Gasteiger partial charge >= 0.3 is 0 Å². The molecule has 2 aromatic carbocycles. The number of nitrogens with two attached hydrogens (primary N) is 1. The maximum Gasteiger partial charge on any atom is 0.244 e. The number of hydrogen-bond donors (Lipinski definition) is 2. The van der Waals surface area contributed by atoms with Gasteiger partial charge < -0.3 is 10.6 Å². The number of hydrogen-bond acceptors (Lipinski definition) is 4. The molecule has 150 valence electrons. The molecule has 1 atom stereocenters. The Labute approximate surface area is 163 Å². The molecule has 0 bridgehead atoms. The number of carbonyl (C=O) groups excluding carboxylic acids is 2. The molecule has 2 aromatic rings. The van der Waals surface area contributed by atoms with E-state index < -0.39 is 27.8 Å². The molecule has 9 heteroatoms. The first-order valence-corrected chi connectivity index (χ1v) is 9.97. The molecule has 28 heavy (non-hydrogen) atoms. The van der Waals surface area contributed by atoms with Crippen LogP contribution in [0.15, 0.2) is 53.4 Å². The minimum atomic E-state index is -3.52. The van der Waals surface area contributed by atoms with Gasteiger partial charge in [0.15, 0.2) is 0 Å². The van der Waals surface area contributed by atoms with Gasteiger partial charge in [0.05, 0.1) is 4.90 Å². The van der Waals surface area contributed by atoms with Crippen LogP contribution in [0, 0.1) is 5.82 Å². The van der Waals surface area contributed by atoms with Crippen LogP contribution >= 0.6 is 0 Å². The van der Waals surface area contributed by atoms with Crippen molar-refractivity contribution < 1.29 is 22.4 Å². The molecule has 0 saturated heterocycles. The van der Waals surface area contributed by atoms with Crippen LogP contribution in [-0.4, -0.2) is 39.2 Å². The standard InChI is InChI=1S/C19H22FN3O4S/c1-22-28(26,27)16-9-6-13(7-10-16)8-11-17(24)23(2)18(19(21)25)14-4-3-5-15(20)12-14/h3-7,9-10,12,18,22H,8,11H2,1-2H3,(H2,21,25). The number of aryl methyl sites for hydroxylation is 1. The average Bonchev–Trinajstić information content (AvgIpc) is 2.66. The first-order valence-electron chi connectivity index (χ1n) is 8.48. The third-order valence-corrected chi connectivity index (χ3v) is 5.77. The van der Waals surface area contributed by atoms with Crippen LogP contribution in [0.4, 0.5) is 4.39 Å². The third-order valence-electron chi connectivity index (χ3n) is 4.34. The minimum absolute atomic E-state index is 0.0771. The van der Waals surface area contributed by atoms with Crippen LogP contribution in [0.1, 0.15) is 23.6 Å². The van der Waals surface area contributed by atoms with Crippen molar-refractivity contribution in [3.8, 4) is 0 Å². The Morgan fingerprint density at radius 2 is 1.82 bits per heavy atom. The lowest BCUT2D eigenvalue weighted by molar-refractivity contribution is -0.138. The Hall–Kier alpha value is -2.78. The number of sulfonamides is 1. The lowest BCUT2D eigenvalue weighted by Gasteiger charge is -2.26. The Morgan fingerprint density at radius 1 is 1.18 bits per heavy atom. The summed E-state index contributed by atoms with van der Waals surface area (Å²) in [6, 6.07) is 10.4. The van der Waals surface area contributed by atoms with Crippen molar-refractivity contribution in [2.75, 3.05) is 14.1 Å². The lowest BCUT2D eigenvalue weighted by atomic mass is 10.0. The Balaban J connectivity index is 2.08. The summed E-state index contributed by atoms with van der Waals surface area (Å²) in [5.74, 6) is -1.63. The smallest absolute Gasteiger partial charge is 0.244 e. The van der Waals surface area contributed by atoms with Gasteiger partial charge in [0.1, 0.15) is 11.9 Å². The highest BCUT2D eigenvalue weighted by atomic mass is 32.2. The van der Waals surface area contributed by atoms with Gasteiger partial charge in [-0.1, -0.05) is 24.3 Å². The maximum atomic E-state index is 13.5. The van der Waals surface area contributed by atoms with Crippen molar-refractivity contribution in [1.29, 1.82) is 0 Å². The third kappa shape index (κ3) is 5.14. The number of benzene rings is 2. The number of amides is 2. The Kier molecular flexibility index (Phi) is 6.87. The van der Waals surface area contributed by atoms with E-state index in [1.54, 1.807) is 12.1 Å². The summed E-state index contributed by atoms with van der Waals surface area (Å²) >= 11 is 0. The summed E-state index contributed by atoms with van der Waals surface area (Å²) in [6.45, 7) is 0. The van der Waals surface area contributed by atoms with Gasteiger partial charge in [0, 0.05) is 13.5 Å². The Morgan fingerprint density at radius 3 is 2.36 bits per heavy atom. The SMILES string of the molecule is CNS(=O)(=O)c1ccc(CCC(=O)N(C)C(C(N)=O)c2cccc(F)c2)cc1. The van der Waals surface area contributed by atoms with Crippen molar-refractivity contribution >= 4 is 21.8 Å². The highest BCUT2D eigenvalue weighted by Gasteiger charge is 2.26. The largest absolute Gasteiger partial charge is 0.368 e. The molecule has 0 radical (unpaired) electrons. The van der Waals surface area contributed by atoms with Crippen molar-refractivity contribution in [3.05, 3.63) is 65.5 Å². The number of nitrogens with zero attached hydrogens (tertiary/aromatic N) is 1. The van der Waals surface area contributed by atoms with E-state index in [9.17, 15) is 22.4 Å². The summed E-state index contributed by atoms with van der Waals surface area (Å²) in [7, 11) is -0.761. The molecule has 0 heterocycles. The molecule has 7 nitrogen and oxygen atoms in total. The quantitative estimate of drug-likeness (QED) is 0.688. The number of rotatable bonds is 8. The molecule has 0 aliphatic heterocycles. The van der Waals surface area contributed by atoms with Gasteiger partial charge in [-0.25, -0.2) is 17.5 Å². The molecule has 0 fully saturated rings. The molecule has 0 spiro atoms. The topological polar surface area (TPSA) is 110 Å². The molecule has 0 aliphatic rings. The van der Waals surface area contributed by atoms with Gasteiger partial charge in [-0.2, -0.15) is 0 Å². The van der Waals surface area contributed by atoms with Crippen LogP contribution in [-0.2, 0) is 26.0 Å². The van der Waals surface area contributed by atoms with Gasteiger partial charge in [-0.05, 0) is 48.9 Å². The number of primary amides is 1. The number of halogens is 1. The van der Waals surface area contributed by atoms with Crippen LogP contribution in [0.25, 0.3) is 0 Å². The van der Waals surface area contributed by atoms with E-state index in [1.807, 2.05) is 0 Å². The molecule has 0 aromatic heterocycles. The van der Waals surface area contributed by atoms with Gasteiger partial charge in [-0.15, -0.1) is 0 Å². The lowest BCUT2D eigenvalue weighted by Crippen LogP contribution is -2.39. The zero-order valence-electron chi connectivity index (χ0n) is 15.6. The highest BCUT2D eigenvalue weighted by molar-refractivity contribution is 7.89. The molecular weight excluding hydrogens is 385 g/mol. The van der Waals surface area contributed by atoms with Crippen molar-refractivity contribution in [2.45, 2.75) is 23.8 Å². The monoisotopic (exact) mass is 407 g/mol. The number of carbonyl (C=O) groups is 2. The Bertz CT molecular complexity index is 961. The van der Waals surface area contributed by atoms with Crippen LogP contribution in [0.5, 0.6) is 0 Å². The second-order valence-corrected chi connectivity index (χ2v) is 8.10. The predicted molar refractivity (Wildman–Crippen MR) is 102 cm³/mol. The summed E-state index contributed by atoms with van der Waals surface area (Å²) in [5, 5.41) is 0. The summed E-state index contributed by atoms with van der Waals surface area (Å²) in [5.41, 5.74) is 6.48. The fourth-order valence-electron chi connectivity index (χ4n) is 2.78. The number of likely N-dealkylation sites (N-methyl/N-ethyl adjacent to an activating group) is 1. The highest BCUT2D eigenvalue weighted by Crippen LogP contribution is 2.21. The summed E-state index contributed by atoms with van der Waals surface area (Å²) in [4.78, 5) is 25.7. The molecule has 2 rings (SSSR count). The van der Waals surface area contributed by atoms with Crippen LogP contribution in [0.3, 0.4) is 0 Å². The zero-order chi connectivity index (χ0) is 20.9. The molecule has 0 saturated carbocycles. The molecule has 0 aliphatic carbocycles. The van der Waals surface area contributed by atoms with Crippen molar-refractivity contribution in [1.82, 2.24) is 9.62 Å². The van der Waals surface area contributed by atoms with E-state index >= 15 is 0 Å². The molecule has 2 amide bonds. The van der Waals surface area contributed by atoms with Gasteiger partial charge in [0.25, 0.3) is 0 Å².